The van der Waals surface area contributed by atoms with Crippen molar-refractivity contribution in [3.8, 4) is 22.4 Å². The van der Waals surface area contributed by atoms with E-state index in [1.54, 1.807) is 0 Å². The van der Waals surface area contributed by atoms with Gasteiger partial charge in [0.15, 0.2) is 5.65 Å². The van der Waals surface area contributed by atoms with Crippen LogP contribution < -0.4 is 21.7 Å². The number of fused-ring (bicyclic) bond motifs is 1. The van der Waals surface area contributed by atoms with Crippen LogP contribution in [0.5, 0.6) is 0 Å². The van der Waals surface area contributed by atoms with Gasteiger partial charge in [0, 0.05) is 34.9 Å². The number of hydrogen-bond acceptors (Lipinski definition) is 8. The second kappa shape index (κ2) is 10.3. The number of aryl methyl sites for hydroxylation is 2. The molecular formula is C30H29N9O2. The van der Waals surface area contributed by atoms with Crippen molar-refractivity contribution in [2.24, 2.45) is 5.10 Å². The topological polar surface area (TPSA) is 136 Å². The van der Waals surface area contributed by atoms with Crippen molar-refractivity contribution in [3.05, 3.63) is 88.6 Å². The largest absolute Gasteiger partial charge is 0.383 e. The summed E-state index contributed by atoms with van der Waals surface area (Å²) in [5.74, 6) is 0.000467. The van der Waals surface area contributed by atoms with E-state index in [2.05, 4.69) is 20.4 Å². The summed E-state index contributed by atoms with van der Waals surface area (Å²) in [7, 11) is 0. The summed E-state index contributed by atoms with van der Waals surface area (Å²) in [6.45, 7) is 6.38. The highest BCUT2D eigenvalue weighted by molar-refractivity contribution is 6.12. The van der Waals surface area contributed by atoms with Crippen LogP contribution in [-0.2, 0) is 11.3 Å². The molecule has 0 atom stereocenters. The first-order chi connectivity index (χ1) is 19.8. The maximum absolute atomic E-state index is 13.5. The number of nitrogen functional groups attached to an aromatic ring is 1. The van der Waals surface area contributed by atoms with E-state index in [0.717, 1.165) is 33.9 Å². The summed E-state index contributed by atoms with van der Waals surface area (Å²) < 4.78 is 2.74. The second-order valence-electron chi connectivity index (χ2n) is 10.1. The Balaban J connectivity index is 1.36. The summed E-state index contributed by atoms with van der Waals surface area (Å²) in [5.41, 5.74) is 13.4. The average molecular weight is 548 g/mol. The molecule has 0 radical (unpaired) electrons. The number of benzene rings is 2. The number of amides is 1. The van der Waals surface area contributed by atoms with Gasteiger partial charge in [0.05, 0.1) is 29.9 Å². The molecule has 0 unspecified atom stereocenters. The van der Waals surface area contributed by atoms with Crippen LogP contribution in [0.3, 0.4) is 0 Å². The first-order valence-corrected chi connectivity index (χ1v) is 13.3. The fourth-order valence-corrected chi connectivity index (χ4v) is 5.11. The van der Waals surface area contributed by atoms with Crippen molar-refractivity contribution in [2.45, 2.75) is 33.7 Å². The van der Waals surface area contributed by atoms with Gasteiger partial charge < -0.3 is 11.1 Å². The first kappa shape index (κ1) is 25.9. The molecule has 3 aromatic heterocycles. The molecule has 0 saturated carbocycles. The molecule has 3 N–H and O–H groups in total. The Hall–Kier alpha value is -5.32. The average Bonchev–Trinajstić information content (AvgIpc) is 3.46. The lowest BCUT2D eigenvalue weighted by molar-refractivity contribution is -0.116. The minimum absolute atomic E-state index is 0.0626. The van der Waals surface area contributed by atoms with Gasteiger partial charge in [0.25, 0.3) is 5.91 Å². The maximum Gasteiger partial charge on any atom is 0.353 e. The van der Waals surface area contributed by atoms with Crippen LogP contribution in [0.2, 0.25) is 0 Å². The molecule has 1 aliphatic rings. The Labute approximate surface area is 236 Å². The minimum atomic E-state index is -0.378. The van der Waals surface area contributed by atoms with Crippen LogP contribution in [0.25, 0.3) is 28.0 Å². The maximum atomic E-state index is 13.5. The first-order valence-electron chi connectivity index (χ1n) is 13.3. The number of carbonyl (C=O) groups is 1. The molecule has 0 fully saturated rings. The molecule has 4 heterocycles. The van der Waals surface area contributed by atoms with E-state index in [4.69, 9.17) is 10.8 Å². The smallest absolute Gasteiger partial charge is 0.353 e. The van der Waals surface area contributed by atoms with Gasteiger partial charge in [-0.3, -0.25) is 9.78 Å². The van der Waals surface area contributed by atoms with E-state index in [1.807, 2.05) is 87.5 Å². The zero-order chi connectivity index (χ0) is 28.7. The monoisotopic (exact) mass is 547 g/mol. The summed E-state index contributed by atoms with van der Waals surface area (Å²) in [6, 6.07) is 21.1. The number of hydrogen-bond donors (Lipinski definition) is 2. The normalized spacial score (nSPS) is 13.2. The molecule has 0 spiro atoms. The molecule has 5 aromatic rings. The number of hydrazone groups is 1. The highest BCUT2D eigenvalue weighted by Gasteiger charge is 2.23. The third kappa shape index (κ3) is 4.93. The van der Waals surface area contributed by atoms with Gasteiger partial charge in [0.1, 0.15) is 0 Å². The lowest BCUT2D eigenvalue weighted by Crippen LogP contribution is -2.26. The van der Waals surface area contributed by atoms with Crippen molar-refractivity contribution in [1.82, 2.24) is 24.1 Å². The quantitative estimate of drug-likeness (QED) is 0.314. The standard InChI is InChI=1S/C30H29N9O2/c1-18-14-22(15-19(2)33-18)26-27(21-8-5-4-6-9-21)34-29(31)38-28(26)36-37(30(38)41)13-12-32-23-10-7-11-24(17-23)39-25(40)16-20(3)35-39/h4-11,14-15,17,32H,12-13,16H2,1-3H3,(H2,31,34). The zero-order valence-corrected chi connectivity index (χ0v) is 23.0. The van der Waals surface area contributed by atoms with E-state index < -0.39 is 0 Å². The lowest BCUT2D eigenvalue weighted by atomic mass is 9.99. The van der Waals surface area contributed by atoms with Gasteiger partial charge in [0.2, 0.25) is 5.95 Å². The number of nitrogens with two attached hydrogens (primary N) is 1. The number of pyridine rings is 1. The zero-order valence-electron chi connectivity index (χ0n) is 23.0. The number of carbonyl (C=O) groups excluding carboxylic acids is 1. The Morgan fingerprint density at radius 2 is 1.66 bits per heavy atom. The number of aromatic nitrogens is 5. The summed E-state index contributed by atoms with van der Waals surface area (Å²) >= 11 is 0. The van der Waals surface area contributed by atoms with Crippen LogP contribution >= 0.6 is 0 Å². The molecule has 11 heteroatoms. The fraction of sp³-hybridized carbons (Fsp3) is 0.200. The third-order valence-corrected chi connectivity index (χ3v) is 6.83. The van der Waals surface area contributed by atoms with Crippen molar-refractivity contribution in [2.75, 3.05) is 22.6 Å². The number of nitrogens with zero attached hydrogens (tertiary/aromatic N) is 7. The van der Waals surface area contributed by atoms with Crippen molar-refractivity contribution in [3.63, 3.8) is 0 Å². The minimum Gasteiger partial charge on any atom is -0.383 e. The van der Waals surface area contributed by atoms with Crippen molar-refractivity contribution in [1.29, 1.82) is 0 Å². The van der Waals surface area contributed by atoms with Gasteiger partial charge in [-0.15, -0.1) is 5.10 Å². The summed E-state index contributed by atoms with van der Waals surface area (Å²) in [6.07, 6.45) is 0.319. The molecule has 0 bridgehead atoms. The summed E-state index contributed by atoms with van der Waals surface area (Å²) in [4.78, 5) is 34.9. The Morgan fingerprint density at radius 3 is 2.37 bits per heavy atom. The van der Waals surface area contributed by atoms with Gasteiger partial charge in [-0.25, -0.2) is 23.9 Å². The molecule has 11 nitrogen and oxygen atoms in total. The lowest BCUT2D eigenvalue weighted by Gasteiger charge is -2.14. The van der Waals surface area contributed by atoms with Crippen LogP contribution in [0.4, 0.5) is 17.3 Å². The predicted octanol–water partition coefficient (Wildman–Crippen LogP) is 4.04. The Kier molecular flexibility index (Phi) is 6.54. The molecule has 41 heavy (non-hydrogen) atoms. The van der Waals surface area contributed by atoms with Crippen LogP contribution in [0, 0.1) is 13.8 Å². The van der Waals surface area contributed by atoms with E-state index >= 15 is 0 Å². The number of anilines is 3. The molecular weight excluding hydrogens is 518 g/mol. The highest BCUT2D eigenvalue weighted by Crippen LogP contribution is 2.34. The summed E-state index contributed by atoms with van der Waals surface area (Å²) in [5, 5.41) is 13.8. The van der Waals surface area contributed by atoms with Gasteiger partial charge in [-0.2, -0.15) is 5.10 Å². The fourth-order valence-electron chi connectivity index (χ4n) is 5.11. The molecule has 206 valence electrons. The second-order valence-corrected chi connectivity index (χ2v) is 10.1. The predicted molar refractivity (Wildman–Crippen MR) is 160 cm³/mol. The molecule has 1 aliphatic heterocycles. The third-order valence-electron chi connectivity index (χ3n) is 6.83. The molecule has 2 aromatic carbocycles. The molecule has 6 rings (SSSR count). The van der Waals surface area contributed by atoms with Crippen LogP contribution in [0.1, 0.15) is 24.7 Å². The Morgan fingerprint density at radius 1 is 0.902 bits per heavy atom. The van der Waals surface area contributed by atoms with Gasteiger partial charge in [-0.05, 0) is 56.7 Å². The van der Waals surface area contributed by atoms with Gasteiger partial charge >= 0.3 is 5.69 Å². The molecule has 1 amide bonds. The van der Waals surface area contributed by atoms with Gasteiger partial charge in [-0.1, -0.05) is 36.4 Å². The van der Waals surface area contributed by atoms with E-state index in [-0.39, 0.29) is 24.1 Å². The van der Waals surface area contributed by atoms with E-state index in [1.165, 1.54) is 14.1 Å². The van der Waals surface area contributed by atoms with Crippen LogP contribution in [-0.4, -0.2) is 42.3 Å². The van der Waals surface area contributed by atoms with E-state index in [0.29, 0.717) is 35.6 Å². The van der Waals surface area contributed by atoms with Crippen LogP contribution in [0.15, 0.2) is 76.6 Å². The number of rotatable bonds is 7. The SMILES string of the molecule is CC1=NN(c2cccc(NCCn3nc4c(-c5cc(C)nc(C)c5)c(-c5ccccc5)nc(N)n4c3=O)c2)C(=O)C1. The molecule has 0 aliphatic carbocycles. The molecule has 0 saturated heterocycles. The Bertz CT molecular complexity index is 1870. The van der Waals surface area contributed by atoms with Crippen molar-refractivity contribution >= 4 is 34.6 Å². The van der Waals surface area contributed by atoms with E-state index in [9.17, 15) is 9.59 Å². The van der Waals surface area contributed by atoms with Crippen molar-refractivity contribution < 1.29 is 4.79 Å². The highest BCUT2D eigenvalue weighted by atomic mass is 16.2. The number of nitrogens with one attached hydrogen (secondary N) is 1.